The Morgan fingerprint density at radius 3 is 1.60 bits per heavy atom. The van der Waals surface area contributed by atoms with E-state index in [1.54, 1.807) is 8.87 Å². The zero-order valence-corrected chi connectivity index (χ0v) is 10.6. The fourth-order valence-corrected chi connectivity index (χ4v) is 7.26. The van der Waals surface area contributed by atoms with Crippen LogP contribution in [-0.4, -0.2) is 19.8 Å². The Bertz CT molecular complexity index is 53.7. The fraction of sp³-hybridized carbons (Fsp3) is 1.00. The molecule has 0 aromatic heterocycles. The average Bonchev–Trinajstić information content (AvgIpc) is 1.97. The molecule has 0 amide bonds. The third kappa shape index (κ3) is 6.91. The number of hydrogen-bond donors (Lipinski definition) is 0. The molecule has 0 aliphatic carbocycles. The molecule has 0 nitrogen and oxygen atoms in total. The summed E-state index contributed by atoms with van der Waals surface area (Å²) in [7, 11) is 0. The quantitative estimate of drug-likeness (QED) is 0.628. The summed E-state index contributed by atoms with van der Waals surface area (Å²) in [5.41, 5.74) is 0. The zero-order valence-electron chi connectivity index (χ0n) is 7.74. The molecule has 1 heteroatoms. The van der Waals surface area contributed by atoms with E-state index >= 15 is 0 Å². The van der Waals surface area contributed by atoms with Crippen LogP contribution in [0.5, 0.6) is 0 Å². The van der Waals surface area contributed by atoms with Crippen LogP contribution in [0.3, 0.4) is 0 Å². The van der Waals surface area contributed by atoms with E-state index in [9.17, 15) is 0 Å². The zero-order chi connectivity index (χ0) is 7.82. The van der Waals surface area contributed by atoms with Gasteiger partial charge in [-0.25, -0.2) is 0 Å². The van der Waals surface area contributed by atoms with E-state index in [1.807, 2.05) is 0 Å². The van der Waals surface area contributed by atoms with Crippen molar-refractivity contribution in [2.45, 2.75) is 53.3 Å². The van der Waals surface area contributed by atoms with E-state index in [4.69, 9.17) is 0 Å². The molecule has 0 rings (SSSR count). The van der Waals surface area contributed by atoms with Crippen molar-refractivity contribution < 1.29 is 0 Å². The van der Waals surface area contributed by atoms with E-state index in [0.29, 0.717) is 0 Å². The molecule has 0 saturated heterocycles. The molecule has 0 N–H and O–H groups in total. The van der Waals surface area contributed by atoms with Gasteiger partial charge in [0.1, 0.15) is 0 Å². The molecular formula is C9H21Sn. The molecule has 0 aromatic carbocycles. The monoisotopic (exact) mass is 249 g/mol. The van der Waals surface area contributed by atoms with Crippen molar-refractivity contribution in [3.63, 3.8) is 0 Å². The second-order valence-corrected chi connectivity index (χ2v) is 11.5. The first-order valence-corrected chi connectivity index (χ1v) is 11.5. The van der Waals surface area contributed by atoms with Gasteiger partial charge in [0.15, 0.2) is 0 Å². The van der Waals surface area contributed by atoms with Crippen LogP contribution in [0.25, 0.3) is 0 Å². The van der Waals surface area contributed by atoms with E-state index in [0.717, 1.165) is 0 Å². The normalized spacial score (nSPS) is 10.8. The van der Waals surface area contributed by atoms with Crippen LogP contribution < -0.4 is 0 Å². The first kappa shape index (κ1) is 10.8. The third-order valence-corrected chi connectivity index (χ3v) is 8.80. The molecule has 61 valence electrons. The Balaban J connectivity index is 3.00. The Kier molecular flexibility index (Phi) is 8.53. The van der Waals surface area contributed by atoms with Gasteiger partial charge < -0.3 is 0 Å². The molecule has 1 radical (unpaired) electrons. The Morgan fingerprint density at radius 1 is 0.900 bits per heavy atom. The maximum absolute atomic E-state index is 2.58. The van der Waals surface area contributed by atoms with Gasteiger partial charge in [0, 0.05) is 0 Å². The van der Waals surface area contributed by atoms with E-state index in [-0.39, 0.29) is 0 Å². The van der Waals surface area contributed by atoms with Gasteiger partial charge in [-0.3, -0.25) is 0 Å². The molecule has 0 atom stereocenters. The minimum atomic E-state index is -0.741. The van der Waals surface area contributed by atoms with Crippen LogP contribution >= 0.6 is 0 Å². The van der Waals surface area contributed by atoms with Gasteiger partial charge in [0.25, 0.3) is 0 Å². The molecule has 0 aliphatic rings. The number of unbranched alkanes of at least 4 members (excludes halogenated alkanes) is 2. The first-order chi connectivity index (χ1) is 4.81. The summed E-state index contributed by atoms with van der Waals surface area (Å²) in [6, 6.07) is 0. The van der Waals surface area contributed by atoms with Gasteiger partial charge in [-0.1, -0.05) is 0 Å². The van der Waals surface area contributed by atoms with Crippen molar-refractivity contribution >= 4 is 19.8 Å². The first-order valence-electron chi connectivity index (χ1n) is 4.62. The molecule has 0 unspecified atom stereocenters. The van der Waals surface area contributed by atoms with Gasteiger partial charge in [-0.05, 0) is 0 Å². The molecule has 0 aromatic rings. The van der Waals surface area contributed by atoms with Crippen LogP contribution in [0.2, 0.25) is 13.8 Å². The van der Waals surface area contributed by atoms with Crippen molar-refractivity contribution in [3.05, 3.63) is 0 Å². The van der Waals surface area contributed by atoms with Crippen LogP contribution in [0.4, 0.5) is 0 Å². The van der Waals surface area contributed by atoms with Crippen LogP contribution in [0.1, 0.15) is 39.5 Å². The molecule has 10 heavy (non-hydrogen) atoms. The van der Waals surface area contributed by atoms with Crippen molar-refractivity contribution in [3.8, 4) is 0 Å². The molecule has 0 spiro atoms. The van der Waals surface area contributed by atoms with Gasteiger partial charge in [0.2, 0.25) is 0 Å². The van der Waals surface area contributed by atoms with Gasteiger partial charge >= 0.3 is 73.1 Å². The van der Waals surface area contributed by atoms with E-state index < -0.39 is 19.8 Å². The standard InChI is InChI=1S/2C4H9.CH3.Sn/c2*1-3-4-2;;/h2*1,3-4H2,2H3;1H3;. The summed E-state index contributed by atoms with van der Waals surface area (Å²) in [6.45, 7) is 4.60. The molecule has 0 aliphatic heterocycles. The molecule has 0 bridgehead atoms. The van der Waals surface area contributed by atoms with Crippen molar-refractivity contribution in [2.24, 2.45) is 0 Å². The predicted octanol–water partition coefficient (Wildman–Crippen LogP) is 3.71. The number of rotatable bonds is 6. The topological polar surface area (TPSA) is 0 Å². The van der Waals surface area contributed by atoms with E-state index in [1.165, 1.54) is 25.7 Å². The summed E-state index contributed by atoms with van der Waals surface area (Å²) in [5.74, 6) is 0. The van der Waals surface area contributed by atoms with Crippen LogP contribution in [0.15, 0.2) is 0 Å². The summed E-state index contributed by atoms with van der Waals surface area (Å²) in [5, 5.41) is 0. The second kappa shape index (κ2) is 7.90. The minimum absolute atomic E-state index is 0.741. The third-order valence-electron chi connectivity index (χ3n) is 1.91. The predicted molar refractivity (Wildman–Crippen MR) is 51.0 cm³/mol. The summed E-state index contributed by atoms with van der Waals surface area (Å²) in [4.78, 5) is 2.58. The van der Waals surface area contributed by atoms with Crippen molar-refractivity contribution in [1.29, 1.82) is 0 Å². The van der Waals surface area contributed by atoms with Gasteiger partial charge in [0.05, 0.1) is 0 Å². The van der Waals surface area contributed by atoms with Gasteiger partial charge in [-0.2, -0.15) is 0 Å². The SMILES string of the molecule is CCC[CH2][Sn]([CH3])[CH2]CCC. The van der Waals surface area contributed by atoms with Crippen LogP contribution in [-0.2, 0) is 0 Å². The average molecular weight is 248 g/mol. The summed E-state index contributed by atoms with van der Waals surface area (Å²) >= 11 is -0.741. The summed E-state index contributed by atoms with van der Waals surface area (Å²) in [6.07, 6.45) is 5.83. The maximum atomic E-state index is 2.58. The van der Waals surface area contributed by atoms with Crippen molar-refractivity contribution in [1.82, 2.24) is 0 Å². The Hall–Kier alpha value is 0.799. The second-order valence-electron chi connectivity index (χ2n) is 3.16. The van der Waals surface area contributed by atoms with Crippen molar-refractivity contribution in [2.75, 3.05) is 0 Å². The van der Waals surface area contributed by atoms with E-state index in [2.05, 4.69) is 18.8 Å². The Morgan fingerprint density at radius 2 is 1.30 bits per heavy atom. The number of hydrogen-bond acceptors (Lipinski definition) is 0. The fourth-order valence-electron chi connectivity index (χ4n) is 1.08. The van der Waals surface area contributed by atoms with Crippen LogP contribution in [0, 0.1) is 0 Å². The molecule has 0 saturated carbocycles. The summed E-state index contributed by atoms with van der Waals surface area (Å²) < 4.78 is 3.28. The van der Waals surface area contributed by atoms with Gasteiger partial charge in [-0.15, -0.1) is 0 Å². The molecule has 0 heterocycles. The molecular weight excluding hydrogens is 227 g/mol. The Labute approximate surface area is 73.1 Å². The molecule has 0 fully saturated rings.